The van der Waals surface area contributed by atoms with Crippen LogP contribution in [0.5, 0.6) is 0 Å². The molecule has 5 N–H and O–H groups in total. The zero-order valence-corrected chi connectivity index (χ0v) is 10.9. The molecule has 0 rings (SSSR count). The van der Waals surface area contributed by atoms with E-state index >= 15 is 0 Å². The van der Waals surface area contributed by atoms with E-state index in [9.17, 15) is 13.7 Å². The van der Waals surface area contributed by atoms with Crippen molar-refractivity contribution in [3.8, 4) is 0 Å². The summed E-state index contributed by atoms with van der Waals surface area (Å²) in [7, 11) is -15.1. The summed E-state index contributed by atoms with van der Waals surface area (Å²) in [5, 5.41) is 0. The van der Waals surface area contributed by atoms with Crippen molar-refractivity contribution in [1.29, 1.82) is 0 Å². The van der Waals surface area contributed by atoms with Gasteiger partial charge in [0.05, 0.1) is 6.10 Å². The fourth-order valence-electron chi connectivity index (χ4n) is 0.608. The molecule has 0 aliphatic carbocycles. The van der Waals surface area contributed by atoms with Crippen LogP contribution in [0.2, 0.25) is 0 Å². The topological polar surface area (TPSA) is 163 Å². The van der Waals surface area contributed by atoms with Crippen LogP contribution in [-0.4, -0.2) is 25.7 Å². The van der Waals surface area contributed by atoms with E-state index in [2.05, 4.69) is 8.83 Å². The lowest BCUT2D eigenvalue weighted by atomic mass is 10.5. The summed E-state index contributed by atoms with van der Waals surface area (Å²) in [6, 6.07) is 0. The Labute approximate surface area is 91.0 Å². The van der Waals surface area contributed by atoms with E-state index in [1.54, 1.807) is 0 Å². The third-order valence-corrected chi connectivity index (χ3v) is 5.27. The van der Waals surface area contributed by atoms with Gasteiger partial charge in [0.15, 0.2) is 0 Å². The van der Waals surface area contributed by atoms with E-state index in [4.69, 9.17) is 19.6 Å². The zero-order valence-electron chi connectivity index (χ0n) is 8.25. The molecule has 0 aliphatic heterocycles. The maximum Gasteiger partial charge on any atom is 0.480 e. The highest BCUT2D eigenvalue weighted by Gasteiger charge is 2.38. The molecule has 2 atom stereocenters. The van der Waals surface area contributed by atoms with E-state index in [-0.39, 0.29) is 0 Å². The van der Waals surface area contributed by atoms with Crippen molar-refractivity contribution < 1.29 is 42.1 Å². The van der Waals surface area contributed by atoms with Crippen LogP contribution in [0.15, 0.2) is 0 Å². The number of phosphoric ester groups is 1. The molecular formula is C3H12NO9P3. The van der Waals surface area contributed by atoms with Crippen LogP contribution in [0.1, 0.15) is 13.8 Å². The van der Waals surface area contributed by atoms with Gasteiger partial charge in [-0.05, 0) is 13.8 Å². The standard InChI is InChI=1S/C3H12NO9P3/c1-3(2)12-16(10,11)13-15(8,9)4-14(5,6)7/h3H,1-2H3,(H,10,11)(H4,4,5,6,7,8,9). The monoisotopic (exact) mass is 299 g/mol. The molecule has 98 valence electrons. The first-order valence-corrected chi connectivity index (χ1v) is 8.42. The molecule has 0 aromatic heterocycles. The maximum absolute atomic E-state index is 11.0. The quantitative estimate of drug-likeness (QED) is 0.431. The molecule has 10 nitrogen and oxygen atoms in total. The molecule has 0 heterocycles. The van der Waals surface area contributed by atoms with Crippen molar-refractivity contribution >= 4 is 23.3 Å². The van der Waals surface area contributed by atoms with Gasteiger partial charge in [-0.15, -0.1) is 4.86 Å². The Morgan fingerprint density at radius 2 is 1.50 bits per heavy atom. The van der Waals surface area contributed by atoms with Gasteiger partial charge in [0, 0.05) is 0 Å². The predicted molar refractivity (Wildman–Crippen MR) is 52.1 cm³/mol. The second kappa shape index (κ2) is 5.37. The Balaban J connectivity index is 4.65. The summed E-state index contributed by atoms with van der Waals surface area (Å²) in [4.78, 5) is 35.2. The highest BCUT2D eigenvalue weighted by Crippen LogP contribution is 2.61. The van der Waals surface area contributed by atoms with Gasteiger partial charge in [0.25, 0.3) is 0 Å². The van der Waals surface area contributed by atoms with Gasteiger partial charge in [-0.1, -0.05) is 0 Å². The number of nitrogens with one attached hydrogen (secondary N) is 1. The average Bonchev–Trinajstić information content (AvgIpc) is 1.69. The Hall–Kier alpha value is 0.410. The lowest BCUT2D eigenvalue weighted by Crippen LogP contribution is -2.10. The molecule has 0 aromatic rings. The van der Waals surface area contributed by atoms with Crippen LogP contribution < -0.4 is 4.86 Å². The molecule has 13 heteroatoms. The third kappa shape index (κ3) is 8.55. The zero-order chi connectivity index (χ0) is 13.2. The summed E-state index contributed by atoms with van der Waals surface area (Å²) in [5.41, 5.74) is 0. The molecule has 0 bridgehead atoms. The van der Waals surface area contributed by atoms with Crippen LogP contribution in [-0.2, 0) is 22.5 Å². The fraction of sp³-hybridized carbons (Fsp3) is 1.00. The van der Waals surface area contributed by atoms with Crippen molar-refractivity contribution in [2.24, 2.45) is 0 Å². The molecule has 0 aromatic carbocycles. The Bertz CT molecular complexity index is 372. The first kappa shape index (κ1) is 16.4. The highest BCUT2D eigenvalue weighted by atomic mass is 31.3. The molecule has 0 saturated heterocycles. The van der Waals surface area contributed by atoms with Gasteiger partial charge in [0.2, 0.25) is 0 Å². The van der Waals surface area contributed by atoms with Crippen LogP contribution >= 0.6 is 23.3 Å². The Kier molecular flexibility index (Phi) is 5.51. The van der Waals surface area contributed by atoms with Gasteiger partial charge in [-0.25, -0.2) is 13.7 Å². The van der Waals surface area contributed by atoms with Crippen molar-refractivity contribution in [3.05, 3.63) is 0 Å². The largest absolute Gasteiger partial charge is 0.480 e. The molecule has 2 unspecified atom stereocenters. The summed E-state index contributed by atoms with van der Waals surface area (Å²) >= 11 is 0. The van der Waals surface area contributed by atoms with Gasteiger partial charge in [-0.3, -0.25) is 4.52 Å². The van der Waals surface area contributed by atoms with E-state index in [0.717, 1.165) is 4.86 Å². The number of phosphoric acid groups is 1. The second-order valence-electron chi connectivity index (χ2n) is 2.87. The number of rotatable bonds is 6. The molecule has 0 amide bonds. The lowest BCUT2D eigenvalue weighted by molar-refractivity contribution is 0.156. The van der Waals surface area contributed by atoms with Crippen molar-refractivity contribution in [3.63, 3.8) is 0 Å². The van der Waals surface area contributed by atoms with Gasteiger partial charge in [-0.2, -0.15) is 4.31 Å². The first-order chi connectivity index (χ1) is 6.83. The predicted octanol–water partition coefficient (Wildman–Crippen LogP) is 0.311. The highest BCUT2D eigenvalue weighted by molar-refractivity contribution is 7.70. The van der Waals surface area contributed by atoms with Gasteiger partial charge >= 0.3 is 23.3 Å². The first-order valence-electron chi connectivity index (χ1n) is 3.73. The van der Waals surface area contributed by atoms with Crippen molar-refractivity contribution in [2.45, 2.75) is 20.0 Å². The van der Waals surface area contributed by atoms with Crippen LogP contribution in [0, 0.1) is 0 Å². The molecule has 0 spiro atoms. The average molecular weight is 299 g/mol. The van der Waals surface area contributed by atoms with Crippen molar-refractivity contribution in [1.82, 2.24) is 4.86 Å². The summed E-state index contributed by atoms with van der Waals surface area (Å²) in [5.74, 6) is 0. The second-order valence-corrected chi connectivity index (χ2v) is 7.60. The van der Waals surface area contributed by atoms with Gasteiger partial charge < -0.3 is 19.6 Å². The third-order valence-electron chi connectivity index (χ3n) is 0.815. The lowest BCUT2D eigenvalue weighted by Gasteiger charge is -2.18. The Morgan fingerprint density at radius 1 is 1.06 bits per heavy atom. The number of hydrogen-bond acceptors (Lipinski definition) is 5. The van der Waals surface area contributed by atoms with Crippen LogP contribution in [0.25, 0.3) is 0 Å². The van der Waals surface area contributed by atoms with Crippen LogP contribution in [0.4, 0.5) is 0 Å². The molecule has 0 aliphatic rings. The van der Waals surface area contributed by atoms with E-state index in [1.165, 1.54) is 13.8 Å². The van der Waals surface area contributed by atoms with Crippen molar-refractivity contribution in [2.75, 3.05) is 0 Å². The Morgan fingerprint density at radius 3 is 1.81 bits per heavy atom. The van der Waals surface area contributed by atoms with E-state index < -0.39 is 29.4 Å². The van der Waals surface area contributed by atoms with E-state index in [1.807, 2.05) is 0 Å². The molecule has 0 fully saturated rings. The minimum absolute atomic E-state index is 0.786. The molecule has 0 radical (unpaired) electrons. The molecule has 0 saturated carbocycles. The normalized spacial score (nSPS) is 20.4. The van der Waals surface area contributed by atoms with Crippen LogP contribution in [0.3, 0.4) is 0 Å². The molecule has 16 heavy (non-hydrogen) atoms. The number of hydrogen-bond donors (Lipinski definition) is 5. The van der Waals surface area contributed by atoms with E-state index in [0.29, 0.717) is 0 Å². The smallest absolute Gasteiger partial charge is 0.312 e. The summed E-state index contributed by atoms with van der Waals surface area (Å²) in [6.45, 7) is 2.70. The van der Waals surface area contributed by atoms with Gasteiger partial charge in [0.1, 0.15) is 0 Å². The summed E-state index contributed by atoms with van der Waals surface area (Å²) < 4.78 is 40.2. The fourth-order valence-corrected chi connectivity index (χ4v) is 4.21. The minimum atomic E-state index is -5.14. The summed E-state index contributed by atoms with van der Waals surface area (Å²) in [6.07, 6.45) is -0.786. The SMILES string of the molecule is CC(C)OP(=O)(O)OP(=O)(O)NP(=O)(O)O. The maximum atomic E-state index is 11.0. The molecular weight excluding hydrogens is 287 g/mol. The minimum Gasteiger partial charge on any atom is -0.312 e.